The second-order valence-electron chi connectivity index (χ2n) is 6.90. The minimum atomic E-state index is -0.0804. The Labute approximate surface area is 158 Å². The summed E-state index contributed by atoms with van der Waals surface area (Å²) in [7, 11) is 1.96. The van der Waals surface area contributed by atoms with Gasteiger partial charge in [-0.2, -0.15) is 5.10 Å². The van der Waals surface area contributed by atoms with Crippen molar-refractivity contribution in [1.82, 2.24) is 29.5 Å². The molecule has 0 radical (unpaired) electrons. The predicted octanol–water partition coefficient (Wildman–Crippen LogP) is 1.76. The Morgan fingerprint density at radius 2 is 2.11 bits per heavy atom. The third-order valence-electron chi connectivity index (χ3n) is 5.17. The van der Waals surface area contributed by atoms with Gasteiger partial charge in [-0.1, -0.05) is 30.3 Å². The maximum atomic E-state index is 13.3. The molecule has 1 aliphatic heterocycles. The molecule has 1 atom stereocenters. The summed E-state index contributed by atoms with van der Waals surface area (Å²) in [6.07, 6.45) is 5.38. The lowest BCUT2D eigenvalue weighted by Gasteiger charge is -2.35. The molecular formula is C20H24N6O. The SMILES string of the molecule is Cc1c(C(=O)N2CCNCC2c2nccn2C)cnn1Cc1ccccc1. The van der Waals surface area contributed by atoms with Crippen molar-refractivity contribution in [3.05, 3.63) is 71.6 Å². The smallest absolute Gasteiger partial charge is 0.258 e. The van der Waals surface area contributed by atoms with Gasteiger partial charge in [-0.15, -0.1) is 0 Å². The molecule has 27 heavy (non-hydrogen) atoms. The Morgan fingerprint density at radius 1 is 1.30 bits per heavy atom. The van der Waals surface area contributed by atoms with Crippen LogP contribution >= 0.6 is 0 Å². The zero-order valence-electron chi connectivity index (χ0n) is 15.7. The summed E-state index contributed by atoms with van der Waals surface area (Å²) in [5.74, 6) is 0.909. The maximum absolute atomic E-state index is 13.3. The predicted molar refractivity (Wildman–Crippen MR) is 102 cm³/mol. The van der Waals surface area contributed by atoms with Crippen LogP contribution in [-0.4, -0.2) is 49.8 Å². The highest BCUT2D eigenvalue weighted by Crippen LogP contribution is 2.24. The van der Waals surface area contributed by atoms with Crippen LogP contribution in [0.2, 0.25) is 0 Å². The normalized spacial score (nSPS) is 17.3. The van der Waals surface area contributed by atoms with Gasteiger partial charge < -0.3 is 14.8 Å². The first-order chi connectivity index (χ1) is 13.1. The number of carbonyl (C=O) groups is 1. The summed E-state index contributed by atoms with van der Waals surface area (Å²) >= 11 is 0. The molecule has 1 saturated heterocycles. The van der Waals surface area contributed by atoms with E-state index in [9.17, 15) is 4.79 Å². The van der Waals surface area contributed by atoms with E-state index in [1.54, 1.807) is 12.4 Å². The fraction of sp³-hybridized carbons (Fsp3) is 0.350. The summed E-state index contributed by atoms with van der Waals surface area (Å²) < 4.78 is 3.87. The first kappa shape index (κ1) is 17.5. The van der Waals surface area contributed by atoms with E-state index >= 15 is 0 Å². The molecule has 0 bridgehead atoms. The van der Waals surface area contributed by atoms with Gasteiger partial charge in [0.15, 0.2) is 0 Å². The van der Waals surface area contributed by atoms with Crippen LogP contribution in [0, 0.1) is 6.92 Å². The third-order valence-corrected chi connectivity index (χ3v) is 5.17. The standard InChI is InChI=1S/C20H24N6O/c1-15-17(12-23-26(15)14-16-6-4-3-5-7-16)20(27)25-11-8-21-13-18(25)19-22-9-10-24(19)2/h3-7,9-10,12,18,21H,8,11,13-14H2,1-2H3. The molecule has 140 valence electrons. The zero-order chi connectivity index (χ0) is 18.8. The Kier molecular flexibility index (Phi) is 4.77. The summed E-state index contributed by atoms with van der Waals surface area (Å²) in [6, 6.07) is 10.1. The van der Waals surface area contributed by atoms with Gasteiger partial charge in [0, 0.05) is 44.8 Å². The van der Waals surface area contributed by atoms with Gasteiger partial charge >= 0.3 is 0 Å². The van der Waals surface area contributed by atoms with Crippen LogP contribution in [0.4, 0.5) is 0 Å². The first-order valence-corrected chi connectivity index (χ1v) is 9.20. The molecule has 1 N–H and O–H groups in total. The molecule has 1 amide bonds. The van der Waals surface area contributed by atoms with Crippen LogP contribution < -0.4 is 5.32 Å². The van der Waals surface area contributed by atoms with Crippen LogP contribution in [0.1, 0.15) is 33.5 Å². The van der Waals surface area contributed by atoms with Gasteiger partial charge in [0.25, 0.3) is 5.91 Å². The average Bonchev–Trinajstić information content (AvgIpc) is 3.28. The lowest BCUT2D eigenvalue weighted by atomic mass is 10.1. The molecular weight excluding hydrogens is 340 g/mol. The minimum Gasteiger partial charge on any atom is -0.336 e. The van der Waals surface area contributed by atoms with Gasteiger partial charge in [-0.05, 0) is 12.5 Å². The van der Waals surface area contributed by atoms with Gasteiger partial charge in [0.1, 0.15) is 11.9 Å². The van der Waals surface area contributed by atoms with Crippen molar-refractivity contribution in [3.63, 3.8) is 0 Å². The van der Waals surface area contributed by atoms with E-state index in [-0.39, 0.29) is 11.9 Å². The largest absolute Gasteiger partial charge is 0.336 e. The van der Waals surface area contributed by atoms with Crippen molar-refractivity contribution < 1.29 is 4.79 Å². The average molecular weight is 364 g/mol. The number of carbonyl (C=O) groups excluding carboxylic acids is 1. The summed E-state index contributed by atoms with van der Waals surface area (Å²) in [5, 5.41) is 7.84. The van der Waals surface area contributed by atoms with E-state index in [0.29, 0.717) is 25.2 Å². The number of imidazole rings is 1. The number of hydrogen-bond donors (Lipinski definition) is 1. The molecule has 3 aromatic rings. The van der Waals surface area contributed by atoms with Crippen LogP contribution in [0.5, 0.6) is 0 Å². The molecule has 0 aliphatic carbocycles. The lowest BCUT2D eigenvalue weighted by Crippen LogP contribution is -2.49. The Bertz CT molecular complexity index is 929. The molecule has 1 unspecified atom stereocenters. The van der Waals surface area contributed by atoms with Crippen molar-refractivity contribution in [2.45, 2.75) is 19.5 Å². The van der Waals surface area contributed by atoms with E-state index in [0.717, 1.165) is 23.6 Å². The Morgan fingerprint density at radius 3 is 2.85 bits per heavy atom. The molecule has 4 rings (SSSR count). The number of piperazine rings is 1. The number of hydrogen-bond acceptors (Lipinski definition) is 4. The van der Waals surface area contributed by atoms with Crippen LogP contribution in [0.3, 0.4) is 0 Å². The lowest BCUT2D eigenvalue weighted by molar-refractivity contribution is 0.0620. The highest BCUT2D eigenvalue weighted by molar-refractivity contribution is 5.95. The maximum Gasteiger partial charge on any atom is 0.258 e. The van der Waals surface area contributed by atoms with Crippen LogP contribution in [-0.2, 0) is 13.6 Å². The van der Waals surface area contributed by atoms with Gasteiger partial charge in [-0.3, -0.25) is 9.48 Å². The molecule has 7 nitrogen and oxygen atoms in total. The Hall–Kier alpha value is -2.93. The summed E-state index contributed by atoms with van der Waals surface area (Å²) in [4.78, 5) is 19.7. The van der Waals surface area contributed by atoms with E-state index < -0.39 is 0 Å². The van der Waals surface area contributed by atoms with Gasteiger partial charge in [0.2, 0.25) is 0 Å². The molecule has 1 aromatic carbocycles. The quantitative estimate of drug-likeness (QED) is 0.766. The number of nitrogens with zero attached hydrogens (tertiary/aromatic N) is 5. The van der Waals surface area contributed by atoms with E-state index in [4.69, 9.17) is 0 Å². The van der Waals surface area contributed by atoms with Gasteiger partial charge in [0.05, 0.1) is 18.3 Å². The summed E-state index contributed by atoms with van der Waals surface area (Å²) in [5.41, 5.74) is 2.71. The fourth-order valence-electron chi connectivity index (χ4n) is 3.60. The van der Waals surface area contributed by atoms with E-state index in [1.165, 1.54) is 0 Å². The van der Waals surface area contributed by atoms with Crippen LogP contribution in [0.25, 0.3) is 0 Å². The highest BCUT2D eigenvalue weighted by atomic mass is 16.2. The van der Waals surface area contributed by atoms with E-state index in [2.05, 4.69) is 27.5 Å². The minimum absolute atomic E-state index is 0.0151. The topological polar surface area (TPSA) is 68.0 Å². The molecule has 3 heterocycles. The van der Waals surface area contributed by atoms with E-state index in [1.807, 2.05) is 52.5 Å². The van der Waals surface area contributed by atoms with Crippen molar-refractivity contribution >= 4 is 5.91 Å². The number of aryl methyl sites for hydroxylation is 1. The molecule has 0 saturated carbocycles. The second kappa shape index (κ2) is 7.36. The van der Waals surface area contributed by atoms with Crippen molar-refractivity contribution in [2.75, 3.05) is 19.6 Å². The van der Waals surface area contributed by atoms with Crippen molar-refractivity contribution in [2.24, 2.45) is 7.05 Å². The number of aromatic nitrogens is 4. The number of benzene rings is 1. The highest BCUT2D eigenvalue weighted by Gasteiger charge is 2.32. The fourth-order valence-corrected chi connectivity index (χ4v) is 3.60. The Balaban J connectivity index is 1.59. The molecule has 7 heteroatoms. The number of amides is 1. The summed E-state index contributed by atoms with van der Waals surface area (Å²) in [6.45, 7) is 4.75. The monoisotopic (exact) mass is 364 g/mol. The second-order valence-corrected chi connectivity index (χ2v) is 6.90. The van der Waals surface area contributed by atoms with Crippen molar-refractivity contribution in [1.29, 1.82) is 0 Å². The third kappa shape index (κ3) is 3.38. The molecule has 0 spiro atoms. The molecule has 1 aliphatic rings. The number of rotatable bonds is 4. The van der Waals surface area contributed by atoms with Gasteiger partial charge in [-0.25, -0.2) is 4.98 Å². The number of nitrogens with one attached hydrogen (secondary N) is 1. The molecule has 1 fully saturated rings. The first-order valence-electron chi connectivity index (χ1n) is 9.20. The zero-order valence-corrected chi connectivity index (χ0v) is 15.7. The van der Waals surface area contributed by atoms with Crippen LogP contribution in [0.15, 0.2) is 48.9 Å². The van der Waals surface area contributed by atoms with Crippen molar-refractivity contribution in [3.8, 4) is 0 Å². The molecule has 2 aromatic heterocycles.